The lowest BCUT2D eigenvalue weighted by atomic mass is 10.1. The van der Waals surface area contributed by atoms with E-state index >= 15 is 0 Å². The number of aromatic nitrogens is 3. The summed E-state index contributed by atoms with van der Waals surface area (Å²) >= 11 is 0. The number of benzene rings is 1. The minimum atomic E-state index is 0.561. The van der Waals surface area contributed by atoms with Crippen molar-refractivity contribution in [2.75, 3.05) is 24.8 Å². The van der Waals surface area contributed by atoms with E-state index in [0.717, 1.165) is 11.3 Å². The summed E-state index contributed by atoms with van der Waals surface area (Å²) in [5.41, 5.74) is 3.77. The summed E-state index contributed by atoms with van der Waals surface area (Å²) in [5, 5.41) is 21.0. The van der Waals surface area contributed by atoms with Gasteiger partial charge in [0.05, 0.1) is 18.4 Å². The van der Waals surface area contributed by atoms with E-state index in [-0.39, 0.29) is 0 Å². The van der Waals surface area contributed by atoms with E-state index in [1.54, 1.807) is 20.2 Å². The minimum Gasteiger partial charge on any atom is -0.496 e. The topological polar surface area (TPSA) is 98.7 Å². The number of ether oxygens (including phenoxy) is 1. The number of H-pyrrole nitrogens is 1. The third kappa shape index (κ3) is 3.45. The molecule has 0 amide bonds. The molecule has 0 atom stereocenters. The Bertz CT molecular complexity index is 877. The Morgan fingerprint density at radius 2 is 2.04 bits per heavy atom. The number of hydrogen-bond donors (Lipinski definition) is 4. The minimum absolute atomic E-state index is 0.561. The molecule has 0 aliphatic heterocycles. The molecule has 2 heterocycles. The lowest BCUT2D eigenvalue weighted by molar-refractivity contribution is 0.414. The van der Waals surface area contributed by atoms with Gasteiger partial charge >= 0.3 is 0 Å². The van der Waals surface area contributed by atoms with Crippen LogP contribution in [0.1, 0.15) is 11.1 Å². The van der Waals surface area contributed by atoms with E-state index in [4.69, 9.17) is 10.1 Å². The molecule has 128 valence electrons. The van der Waals surface area contributed by atoms with Gasteiger partial charge in [0.2, 0.25) is 0 Å². The Balaban J connectivity index is 1.89. The summed E-state index contributed by atoms with van der Waals surface area (Å²) in [6, 6.07) is 11.9. The number of anilines is 3. The first-order chi connectivity index (χ1) is 12.1. The molecule has 0 saturated heterocycles. The maximum absolute atomic E-state index is 7.52. The highest BCUT2D eigenvalue weighted by atomic mass is 16.5. The first-order valence-corrected chi connectivity index (χ1v) is 7.81. The van der Waals surface area contributed by atoms with Crippen LogP contribution in [0.3, 0.4) is 0 Å². The molecule has 3 rings (SSSR count). The Labute approximate surface area is 146 Å². The van der Waals surface area contributed by atoms with Crippen LogP contribution in [0.4, 0.5) is 17.5 Å². The van der Waals surface area contributed by atoms with Crippen molar-refractivity contribution >= 4 is 23.7 Å². The van der Waals surface area contributed by atoms with Crippen LogP contribution in [0.15, 0.2) is 36.4 Å². The average molecular weight is 336 g/mol. The zero-order chi connectivity index (χ0) is 17.8. The van der Waals surface area contributed by atoms with Gasteiger partial charge in [-0.15, -0.1) is 0 Å². The van der Waals surface area contributed by atoms with E-state index in [2.05, 4.69) is 44.9 Å². The Morgan fingerprint density at radius 1 is 1.20 bits per heavy atom. The number of rotatable bonds is 6. The molecule has 0 aliphatic carbocycles. The summed E-state index contributed by atoms with van der Waals surface area (Å²) in [6.07, 6.45) is 1.21. The molecule has 0 aliphatic rings. The van der Waals surface area contributed by atoms with Gasteiger partial charge in [0.15, 0.2) is 5.82 Å². The molecule has 2 aromatic heterocycles. The van der Waals surface area contributed by atoms with Crippen LogP contribution in [0.25, 0.3) is 11.3 Å². The van der Waals surface area contributed by atoms with Gasteiger partial charge in [-0.2, -0.15) is 5.10 Å². The van der Waals surface area contributed by atoms with Crippen molar-refractivity contribution < 1.29 is 4.74 Å². The quantitative estimate of drug-likeness (QED) is 0.516. The summed E-state index contributed by atoms with van der Waals surface area (Å²) in [6.45, 7) is 2.05. The molecule has 0 saturated carbocycles. The molecule has 0 bridgehead atoms. The van der Waals surface area contributed by atoms with Crippen molar-refractivity contribution in [3.63, 3.8) is 0 Å². The molecule has 0 fully saturated rings. The van der Waals surface area contributed by atoms with Gasteiger partial charge < -0.3 is 20.8 Å². The lowest BCUT2D eigenvalue weighted by Gasteiger charge is -2.12. The molecule has 1 aromatic carbocycles. The second kappa shape index (κ2) is 7.04. The van der Waals surface area contributed by atoms with Gasteiger partial charge in [0.25, 0.3) is 0 Å². The predicted molar refractivity (Wildman–Crippen MR) is 100 cm³/mol. The maximum Gasteiger partial charge on any atom is 0.153 e. The van der Waals surface area contributed by atoms with Crippen molar-refractivity contribution in [2.24, 2.45) is 0 Å². The first kappa shape index (κ1) is 16.5. The molecule has 7 heteroatoms. The van der Waals surface area contributed by atoms with Gasteiger partial charge in [-0.25, -0.2) is 4.98 Å². The molecule has 0 radical (unpaired) electrons. The lowest BCUT2D eigenvalue weighted by Crippen LogP contribution is -2.04. The fourth-order valence-corrected chi connectivity index (χ4v) is 2.57. The highest BCUT2D eigenvalue weighted by molar-refractivity contribution is 5.89. The number of pyridine rings is 1. The fraction of sp³-hybridized carbons (Fsp3) is 0.167. The Hall–Kier alpha value is -3.35. The Kier molecular flexibility index (Phi) is 4.65. The van der Waals surface area contributed by atoms with Crippen LogP contribution < -0.4 is 15.4 Å². The number of aryl methyl sites for hydroxylation is 1. The summed E-state index contributed by atoms with van der Waals surface area (Å²) in [5.74, 6) is 2.35. The van der Waals surface area contributed by atoms with Crippen molar-refractivity contribution in [1.29, 1.82) is 5.41 Å². The highest BCUT2D eigenvalue weighted by Crippen LogP contribution is 2.28. The fourth-order valence-electron chi connectivity index (χ4n) is 2.57. The predicted octanol–water partition coefficient (Wildman–Crippen LogP) is 3.57. The van der Waals surface area contributed by atoms with Gasteiger partial charge in [0.1, 0.15) is 17.4 Å². The van der Waals surface area contributed by atoms with Gasteiger partial charge in [-0.1, -0.05) is 23.8 Å². The van der Waals surface area contributed by atoms with Crippen LogP contribution in [0.2, 0.25) is 0 Å². The van der Waals surface area contributed by atoms with Crippen molar-refractivity contribution in [3.8, 4) is 17.0 Å². The summed E-state index contributed by atoms with van der Waals surface area (Å²) < 4.78 is 5.35. The van der Waals surface area contributed by atoms with E-state index < -0.39 is 0 Å². The van der Waals surface area contributed by atoms with E-state index in [0.29, 0.717) is 28.8 Å². The van der Waals surface area contributed by atoms with Crippen LogP contribution >= 0.6 is 0 Å². The van der Waals surface area contributed by atoms with E-state index in [1.165, 1.54) is 11.8 Å². The van der Waals surface area contributed by atoms with E-state index in [9.17, 15) is 0 Å². The monoisotopic (exact) mass is 336 g/mol. The van der Waals surface area contributed by atoms with E-state index in [1.807, 2.05) is 18.2 Å². The van der Waals surface area contributed by atoms with Crippen LogP contribution in [0, 0.1) is 12.3 Å². The Morgan fingerprint density at radius 3 is 2.72 bits per heavy atom. The third-order valence-electron chi connectivity index (χ3n) is 3.78. The zero-order valence-electron chi connectivity index (χ0n) is 14.3. The molecule has 4 N–H and O–H groups in total. The van der Waals surface area contributed by atoms with Crippen LogP contribution in [-0.2, 0) is 0 Å². The molecular formula is C18H20N6O. The smallest absolute Gasteiger partial charge is 0.153 e. The highest BCUT2D eigenvalue weighted by Gasteiger charge is 2.12. The molecule has 0 spiro atoms. The second-order valence-corrected chi connectivity index (χ2v) is 5.53. The van der Waals surface area contributed by atoms with Crippen molar-refractivity contribution in [2.45, 2.75) is 6.92 Å². The van der Waals surface area contributed by atoms with Crippen LogP contribution in [-0.4, -0.2) is 35.6 Å². The normalized spacial score (nSPS) is 10.4. The first-order valence-electron chi connectivity index (χ1n) is 7.81. The zero-order valence-corrected chi connectivity index (χ0v) is 14.3. The summed E-state index contributed by atoms with van der Waals surface area (Å²) in [7, 11) is 3.32. The standard InChI is InChI=1S/C18H20N6O/c1-11-5-4-6-12(7-11)14-8-17(24-23-14)21-16-9-15(25-3)13(10-19)18(20-2)22-16/h4-10,19H,1-3H3,(H3,20,21,22,23,24). The number of hydrogen-bond acceptors (Lipinski definition) is 6. The second-order valence-electron chi connectivity index (χ2n) is 5.53. The van der Waals surface area contributed by atoms with Crippen molar-refractivity contribution in [1.82, 2.24) is 15.2 Å². The average Bonchev–Trinajstić information content (AvgIpc) is 3.09. The van der Waals surface area contributed by atoms with Crippen molar-refractivity contribution in [3.05, 3.63) is 47.5 Å². The number of nitrogens with one attached hydrogen (secondary N) is 4. The molecule has 7 nitrogen and oxygen atoms in total. The summed E-state index contributed by atoms with van der Waals surface area (Å²) in [4.78, 5) is 4.45. The van der Waals surface area contributed by atoms with Crippen LogP contribution in [0.5, 0.6) is 5.75 Å². The number of methoxy groups -OCH3 is 1. The number of aromatic amines is 1. The third-order valence-corrected chi connectivity index (χ3v) is 3.78. The molecule has 0 unspecified atom stereocenters. The molecular weight excluding hydrogens is 316 g/mol. The molecule has 25 heavy (non-hydrogen) atoms. The largest absolute Gasteiger partial charge is 0.496 e. The maximum atomic E-state index is 7.52. The molecule has 3 aromatic rings. The SMILES string of the molecule is CNc1nc(Nc2cc(-c3cccc(C)c3)[nH]n2)cc(OC)c1C=N. The van der Waals surface area contributed by atoms with Gasteiger partial charge in [-0.3, -0.25) is 5.10 Å². The van der Waals surface area contributed by atoms with Gasteiger partial charge in [-0.05, 0) is 18.6 Å². The van der Waals surface area contributed by atoms with Gasteiger partial charge in [0, 0.05) is 25.4 Å². The number of nitrogens with zero attached hydrogens (tertiary/aromatic N) is 2.